The van der Waals surface area contributed by atoms with Gasteiger partial charge in [-0.1, -0.05) is 12.0 Å². The predicted octanol–water partition coefficient (Wildman–Crippen LogP) is 1.79. The molecule has 0 saturated carbocycles. The van der Waals surface area contributed by atoms with E-state index in [2.05, 4.69) is 14.9 Å². The minimum Gasteiger partial charge on any atom is -0.463 e. The first kappa shape index (κ1) is 23.8. The lowest BCUT2D eigenvalue weighted by atomic mass is 10.0. The Kier molecular flexibility index (Phi) is 14.9. The highest BCUT2D eigenvalue weighted by Crippen LogP contribution is 2.08. The van der Waals surface area contributed by atoms with Crippen LogP contribution in [-0.2, 0) is 28.5 Å². The Morgan fingerprint density at radius 2 is 1.54 bits per heavy atom. The molecule has 0 aliphatic carbocycles. The smallest absolute Gasteiger partial charge is 0.309 e. The molecule has 0 aliphatic heterocycles. The first-order chi connectivity index (χ1) is 12.5. The molecule has 146 valence electrons. The molecule has 0 heterocycles. The van der Waals surface area contributed by atoms with Crippen LogP contribution < -0.4 is 0 Å². The van der Waals surface area contributed by atoms with Gasteiger partial charge in [0.25, 0.3) is 6.04 Å². The molecule has 0 aliphatic rings. The average molecular weight is 370 g/mol. The monoisotopic (exact) mass is 370 g/mol. The molecule has 10 nitrogen and oxygen atoms in total. The standard InChI is InChI=1S/C16H26N4O6/c1-13(12-15(21)14(2)18-3)16(22)26-11-10-25-9-8-24-7-6-23-5-4-19-20-17/h13-14H,4-12H2,1-2H3/t13-,14+/m0/s1. The van der Waals surface area contributed by atoms with Crippen molar-refractivity contribution in [2.75, 3.05) is 52.8 Å². The number of Topliss-reactive ketones (excluding diaryl/α,β-unsaturated/α-hetero) is 1. The Bertz CT molecular complexity index is 501. The van der Waals surface area contributed by atoms with E-state index in [1.165, 1.54) is 6.92 Å². The van der Waals surface area contributed by atoms with Crippen LogP contribution in [0.15, 0.2) is 5.11 Å². The van der Waals surface area contributed by atoms with Crippen molar-refractivity contribution in [3.05, 3.63) is 21.9 Å². The van der Waals surface area contributed by atoms with Gasteiger partial charge in [0.15, 0.2) is 0 Å². The molecule has 26 heavy (non-hydrogen) atoms. The van der Waals surface area contributed by atoms with Crippen LogP contribution in [0.25, 0.3) is 15.3 Å². The Hall–Kier alpha value is -2.18. The number of carbonyl (C=O) groups excluding carboxylic acids is 2. The second kappa shape index (κ2) is 16.3. The van der Waals surface area contributed by atoms with Crippen molar-refractivity contribution in [2.45, 2.75) is 26.3 Å². The number of rotatable bonds is 16. The quantitative estimate of drug-likeness (QED) is 0.102. The van der Waals surface area contributed by atoms with E-state index < -0.39 is 17.9 Å². The molecule has 0 bridgehead atoms. The molecule has 0 N–H and O–H groups in total. The molecule has 0 saturated heterocycles. The largest absolute Gasteiger partial charge is 0.463 e. The van der Waals surface area contributed by atoms with Crippen LogP contribution in [0.3, 0.4) is 0 Å². The van der Waals surface area contributed by atoms with Gasteiger partial charge in [-0.05, 0) is 5.53 Å². The Labute approximate surface area is 153 Å². The molecule has 0 radical (unpaired) electrons. The summed E-state index contributed by atoms with van der Waals surface area (Å²) in [5.74, 6) is -1.32. The van der Waals surface area contributed by atoms with Crippen LogP contribution >= 0.6 is 0 Å². The van der Waals surface area contributed by atoms with Crippen molar-refractivity contribution in [2.24, 2.45) is 11.0 Å². The molecule has 0 rings (SSSR count). The second-order valence-electron chi connectivity index (χ2n) is 5.34. The fourth-order valence-electron chi connectivity index (χ4n) is 1.66. The summed E-state index contributed by atoms with van der Waals surface area (Å²) >= 11 is 0. The van der Waals surface area contributed by atoms with Gasteiger partial charge in [-0.2, -0.15) is 0 Å². The van der Waals surface area contributed by atoms with E-state index >= 15 is 0 Å². The maximum atomic E-state index is 11.7. The minimum absolute atomic E-state index is 0.00199. The predicted molar refractivity (Wildman–Crippen MR) is 92.3 cm³/mol. The number of carbonyl (C=O) groups is 2. The van der Waals surface area contributed by atoms with Gasteiger partial charge >= 0.3 is 5.97 Å². The number of ether oxygens (including phenoxy) is 4. The van der Waals surface area contributed by atoms with Gasteiger partial charge in [0.1, 0.15) is 6.61 Å². The van der Waals surface area contributed by atoms with Gasteiger partial charge in [-0.15, -0.1) is 0 Å². The van der Waals surface area contributed by atoms with Gasteiger partial charge in [0.2, 0.25) is 5.78 Å². The fourth-order valence-corrected chi connectivity index (χ4v) is 1.66. The lowest BCUT2D eigenvalue weighted by Gasteiger charge is -2.11. The summed E-state index contributed by atoms with van der Waals surface area (Å²) in [6.07, 6.45) is 0.00199. The van der Waals surface area contributed by atoms with Crippen molar-refractivity contribution in [3.63, 3.8) is 0 Å². The highest BCUT2D eigenvalue weighted by molar-refractivity contribution is 5.88. The van der Waals surface area contributed by atoms with Crippen molar-refractivity contribution in [1.29, 1.82) is 0 Å². The van der Waals surface area contributed by atoms with Gasteiger partial charge in [-0.25, -0.2) is 6.57 Å². The first-order valence-corrected chi connectivity index (χ1v) is 8.32. The molecule has 2 atom stereocenters. The van der Waals surface area contributed by atoms with E-state index in [1.54, 1.807) is 6.92 Å². The number of nitrogens with zero attached hydrogens (tertiary/aromatic N) is 4. The zero-order valence-corrected chi connectivity index (χ0v) is 15.3. The molecule has 0 aromatic rings. The van der Waals surface area contributed by atoms with Gasteiger partial charge in [-0.3, -0.25) is 9.59 Å². The molecule has 0 unspecified atom stereocenters. The first-order valence-electron chi connectivity index (χ1n) is 8.32. The van der Waals surface area contributed by atoms with Gasteiger partial charge < -0.3 is 23.8 Å². The molecule has 0 spiro atoms. The summed E-state index contributed by atoms with van der Waals surface area (Å²) in [4.78, 5) is 29.0. The molecular formula is C16H26N4O6. The summed E-state index contributed by atoms with van der Waals surface area (Å²) in [5, 5.41) is 3.33. The van der Waals surface area contributed by atoms with Crippen LogP contribution in [0.2, 0.25) is 0 Å². The highest BCUT2D eigenvalue weighted by atomic mass is 16.6. The number of esters is 1. The molecular weight excluding hydrogens is 344 g/mol. The Morgan fingerprint density at radius 3 is 2.08 bits per heavy atom. The topological polar surface area (TPSA) is 124 Å². The van der Waals surface area contributed by atoms with Crippen LogP contribution in [0, 0.1) is 12.5 Å². The normalized spacial score (nSPS) is 12.5. The summed E-state index contributed by atoms with van der Waals surface area (Å²) in [6.45, 7) is 12.4. The van der Waals surface area contributed by atoms with E-state index in [-0.39, 0.29) is 25.4 Å². The van der Waals surface area contributed by atoms with E-state index in [0.717, 1.165) is 0 Å². The van der Waals surface area contributed by atoms with E-state index in [4.69, 9.17) is 31.1 Å². The zero-order chi connectivity index (χ0) is 19.6. The lowest BCUT2D eigenvalue weighted by molar-refractivity contribution is -0.151. The van der Waals surface area contributed by atoms with Crippen molar-refractivity contribution in [3.8, 4) is 0 Å². The van der Waals surface area contributed by atoms with Crippen molar-refractivity contribution in [1.82, 2.24) is 0 Å². The maximum Gasteiger partial charge on any atom is 0.309 e. The minimum atomic E-state index is -0.731. The Balaban J connectivity index is 3.49. The van der Waals surface area contributed by atoms with Crippen molar-refractivity contribution >= 4 is 11.8 Å². The average Bonchev–Trinajstić information content (AvgIpc) is 2.64. The summed E-state index contributed by atoms with van der Waals surface area (Å²) < 4.78 is 20.7. The van der Waals surface area contributed by atoms with E-state index in [9.17, 15) is 9.59 Å². The van der Waals surface area contributed by atoms with Gasteiger partial charge in [0, 0.05) is 24.8 Å². The highest BCUT2D eigenvalue weighted by Gasteiger charge is 2.24. The van der Waals surface area contributed by atoms with Crippen LogP contribution in [-0.4, -0.2) is 70.6 Å². The van der Waals surface area contributed by atoms with E-state index in [0.29, 0.717) is 39.6 Å². The molecule has 0 amide bonds. The third-order valence-corrected chi connectivity index (χ3v) is 3.18. The SMILES string of the molecule is [C-]#[N+][C@H](C)C(=O)C[C@H](C)C(=O)OCCOCCOCCOCCN=[N+]=[N-]. The third kappa shape index (κ3) is 13.1. The lowest BCUT2D eigenvalue weighted by Crippen LogP contribution is -2.23. The summed E-state index contributed by atoms with van der Waals surface area (Å²) in [5.41, 5.74) is 8.06. The van der Waals surface area contributed by atoms with Crippen LogP contribution in [0.1, 0.15) is 20.3 Å². The fraction of sp³-hybridized carbons (Fsp3) is 0.812. The number of hydrogen-bond acceptors (Lipinski definition) is 7. The summed E-state index contributed by atoms with van der Waals surface area (Å²) in [6, 6.07) is -0.731. The molecule has 0 aromatic carbocycles. The third-order valence-electron chi connectivity index (χ3n) is 3.18. The number of hydrogen-bond donors (Lipinski definition) is 0. The van der Waals surface area contributed by atoms with E-state index in [1.807, 2.05) is 0 Å². The molecule has 10 heteroatoms. The van der Waals surface area contributed by atoms with Crippen LogP contribution in [0.4, 0.5) is 0 Å². The maximum absolute atomic E-state index is 11.7. The zero-order valence-electron chi connectivity index (χ0n) is 15.3. The molecule has 0 aromatic heterocycles. The van der Waals surface area contributed by atoms with Gasteiger partial charge in [0.05, 0.1) is 45.6 Å². The Morgan fingerprint density at radius 1 is 1.00 bits per heavy atom. The van der Waals surface area contributed by atoms with Crippen molar-refractivity contribution < 1.29 is 28.5 Å². The molecule has 0 fully saturated rings. The summed E-state index contributed by atoms with van der Waals surface area (Å²) in [7, 11) is 0. The van der Waals surface area contributed by atoms with Crippen LogP contribution in [0.5, 0.6) is 0 Å². The number of azide groups is 1. The number of ketones is 1. The second-order valence-corrected chi connectivity index (χ2v) is 5.34.